The van der Waals surface area contributed by atoms with E-state index in [1.54, 1.807) is 16.7 Å². The van der Waals surface area contributed by atoms with Gasteiger partial charge in [0.15, 0.2) is 0 Å². The van der Waals surface area contributed by atoms with Gasteiger partial charge in [-0.3, -0.25) is 14.5 Å². The van der Waals surface area contributed by atoms with Gasteiger partial charge in [-0.1, -0.05) is 71.8 Å². The first kappa shape index (κ1) is 28.0. The highest BCUT2D eigenvalue weighted by molar-refractivity contribution is 8.00. The van der Waals surface area contributed by atoms with Crippen LogP contribution in [-0.2, 0) is 14.3 Å². The number of rotatable bonds is 9. The van der Waals surface area contributed by atoms with Crippen LogP contribution in [0, 0.1) is 6.92 Å². The number of hydrogen-bond acceptors (Lipinski definition) is 5. The summed E-state index contributed by atoms with van der Waals surface area (Å²) in [6, 6.07) is 25.7. The molecule has 1 aliphatic rings. The highest BCUT2D eigenvalue weighted by Gasteiger charge is 2.37. The van der Waals surface area contributed by atoms with E-state index in [1.165, 1.54) is 11.8 Å². The van der Waals surface area contributed by atoms with Gasteiger partial charge in [0.25, 0.3) is 0 Å². The number of aromatic nitrogens is 2. The summed E-state index contributed by atoms with van der Waals surface area (Å²) in [5.41, 5.74) is 5.44. The van der Waals surface area contributed by atoms with Crippen LogP contribution in [0.15, 0.2) is 78.9 Å². The topological polar surface area (TPSA) is 76.5 Å². The van der Waals surface area contributed by atoms with Crippen LogP contribution < -0.4 is 10.2 Å². The first-order valence-corrected chi connectivity index (χ1v) is 14.6. The van der Waals surface area contributed by atoms with E-state index in [9.17, 15) is 9.59 Å². The van der Waals surface area contributed by atoms with Crippen LogP contribution in [0.3, 0.4) is 0 Å². The second kappa shape index (κ2) is 12.7. The zero-order valence-corrected chi connectivity index (χ0v) is 24.0. The monoisotopic (exact) mass is 574 g/mol. The number of amides is 2. The molecule has 0 aliphatic carbocycles. The van der Waals surface area contributed by atoms with E-state index in [0.29, 0.717) is 30.4 Å². The van der Waals surface area contributed by atoms with E-state index in [1.807, 2.05) is 85.8 Å². The summed E-state index contributed by atoms with van der Waals surface area (Å²) in [5, 5.41) is 8.42. The molecule has 9 heteroatoms. The standard InChI is InChI=1S/C31H31ClN4O3S/c1-21-12-14-25(15-13-21)36-31-28(29(34-36)22-8-4-3-5-9-22)30(23-10-6-11-24(32)18-23)40-20-27(38)35(31)19-26(37)33-16-7-17-39-2/h3-6,8-15,18,30H,7,16-17,19-20H2,1-2H3,(H,33,37). The lowest BCUT2D eigenvalue weighted by molar-refractivity contribution is -0.122. The minimum atomic E-state index is -0.237. The fourth-order valence-electron chi connectivity index (χ4n) is 4.77. The van der Waals surface area contributed by atoms with Gasteiger partial charge in [-0.15, -0.1) is 11.8 Å². The number of carbonyl (C=O) groups is 2. The molecule has 1 aliphatic heterocycles. The number of nitrogens with one attached hydrogen (secondary N) is 1. The Balaban J connectivity index is 1.71. The van der Waals surface area contributed by atoms with Crippen molar-refractivity contribution >= 4 is 41.0 Å². The van der Waals surface area contributed by atoms with Crippen molar-refractivity contribution in [1.82, 2.24) is 15.1 Å². The maximum Gasteiger partial charge on any atom is 0.240 e. The maximum atomic E-state index is 13.8. The maximum absolute atomic E-state index is 13.8. The molecule has 40 heavy (non-hydrogen) atoms. The summed E-state index contributed by atoms with van der Waals surface area (Å²) in [5.74, 6) is 0.398. The summed E-state index contributed by atoms with van der Waals surface area (Å²) in [6.07, 6.45) is 0.688. The van der Waals surface area contributed by atoms with Gasteiger partial charge in [-0.05, 0) is 43.2 Å². The van der Waals surface area contributed by atoms with E-state index in [2.05, 4.69) is 5.32 Å². The molecule has 4 aromatic rings. The average Bonchev–Trinajstić information content (AvgIpc) is 3.28. The molecule has 2 amide bonds. The molecule has 2 heterocycles. The predicted octanol–water partition coefficient (Wildman–Crippen LogP) is 5.82. The Hall–Kier alpha value is -3.59. The summed E-state index contributed by atoms with van der Waals surface area (Å²) >= 11 is 7.95. The van der Waals surface area contributed by atoms with Crippen LogP contribution in [0.2, 0.25) is 5.02 Å². The fourth-order valence-corrected chi connectivity index (χ4v) is 6.16. The Morgan fingerprint density at radius 2 is 1.88 bits per heavy atom. The Bertz CT molecular complexity index is 1490. The van der Waals surface area contributed by atoms with Gasteiger partial charge in [0, 0.05) is 36.4 Å². The lowest BCUT2D eigenvalue weighted by Gasteiger charge is -2.23. The van der Waals surface area contributed by atoms with E-state index in [0.717, 1.165) is 33.6 Å². The third kappa shape index (κ3) is 6.09. The van der Waals surface area contributed by atoms with Gasteiger partial charge in [0.2, 0.25) is 11.8 Å². The lowest BCUT2D eigenvalue weighted by Crippen LogP contribution is -2.42. The van der Waals surface area contributed by atoms with E-state index < -0.39 is 0 Å². The largest absolute Gasteiger partial charge is 0.385 e. The van der Waals surface area contributed by atoms with Crippen LogP contribution >= 0.6 is 23.4 Å². The van der Waals surface area contributed by atoms with Crippen molar-refractivity contribution < 1.29 is 14.3 Å². The first-order valence-electron chi connectivity index (χ1n) is 13.1. The van der Waals surface area contributed by atoms with Gasteiger partial charge in [-0.2, -0.15) is 5.10 Å². The minimum Gasteiger partial charge on any atom is -0.385 e. The smallest absolute Gasteiger partial charge is 0.240 e. The third-order valence-electron chi connectivity index (χ3n) is 6.72. The number of aryl methyl sites for hydroxylation is 1. The highest BCUT2D eigenvalue weighted by Crippen LogP contribution is 2.48. The summed E-state index contributed by atoms with van der Waals surface area (Å²) < 4.78 is 6.90. The average molecular weight is 575 g/mol. The first-order chi connectivity index (χ1) is 19.5. The molecule has 1 atom stereocenters. The van der Waals surface area contributed by atoms with E-state index in [4.69, 9.17) is 21.4 Å². The van der Waals surface area contributed by atoms with Gasteiger partial charge in [0.05, 0.1) is 22.4 Å². The molecule has 206 valence electrons. The zero-order chi connectivity index (χ0) is 28.1. The predicted molar refractivity (Wildman–Crippen MR) is 161 cm³/mol. The molecular formula is C31H31ClN4O3S. The number of ether oxygens (including phenoxy) is 1. The van der Waals surface area contributed by atoms with Gasteiger partial charge in [0.1, 0.15) is 12.4 Å². The Labute approximate surface area is 243 Å². The molecule has 1 aromatic heterocycles. The molecule has 7 nitrogen and oxygen atoms in total. The van der Waals surface area contributed by atoms with Crippen LogP contribution in [0.4, 0.5) is 5.82 Å². The highest BCUT2D eigenvalue weighted by atomic mass is 35.5. The molecular weight excluding hydrogens is 544 g/mol. The van der Waals surface area contributed by atoms with Crippen molar-refractivity contribution in [3.05, 3.63) is 101 Å². The van der Waals surface area contributed by atoms with Crippen molar-refractivity contribution in [2.75, 3.05) is 37.5 Å². The Morgan fingerprint density at radius 1 is 1.10 bits per heavy atom. The number of benzene rings is 3. The summed E-state index contributed by atoms with van der Waals surface area (Å²) in [7, 11) is 1.63. The molecule has 1 unspecified atom stereocenters. The molecule has 0 bridgehead atoms. The van der Waals surface area contributed by atoms with Crippen LogP contribution in [-0.4, -0.2) is 54.2 Å². The molecule has 0 saturated heterocycles. The molecule has 3 aromatic carbocycles. The van der Waals surface area contributed by atoms with Crippen LogP contribution in [0.25, 0.3) is 16.9 Å². The second-order valence-corrected chi connectivity index (χ2v) is 11.2. The quantitative estimate of drug-likeness (QED) is 0.255. The molecule has 0 spiro atoms. The lowest BCUT2D eigenvalue weighted by atomic mass is 9.99. The summed E-state index contributed by atoms with van der Waals surface area (Å²) in [6.45, 7) is 2.92. The number of nitrogens with zero attached hydrogens (tertiary/aromatic N) is 3. The number of fused-ring (bicyclic) bond motifs is 1. The van der Waals surface area contributed by atoms with E-state index in [-0.39, 0.29) is 29.4 Å². The van der Waals surface area contributed by atoms with Crippen molar-refractivity contribution in [1.29, 1.82) is 0 Å². The Morgan fingerprint density at radius 3 is 2.60 bits per heavy atom. The van der Waals surface area contributed by atoms with Crippen molar-refractivity contribution in [2.24, 2.45) is 0 Å². The minimum absolute atomic E-state index is 0.118. The van der Waals surface area contributed by atoms with Crippen LogP contribution in [0.5, 0.6) is 0 Å². The molecule has 0 radical (unpaired) electrons. The number of carbonyl (C=O) groups excluding carboxylic acids is 2. The number of hydrogen-bond donors (Lipinski definition) is 1. The van der Waals surface area contributed by atoms with Gasteiger partial charge in [-0.25, -0.2) is 4.68 Å². The second-order valence-electron chi connectivity index (χ2n) is 9.62. The third-order valence-corrected chi connectivity index (χ3v) is 8.21. The molecule has 1 N–H and O–H groups in total. The Kier molecular flexibility index (Phi) is 8.89. The van der Waals surface area contributed by atoms with Crippen molar-refractivity contribution in [2.45, 2.75) is 18.6 Å². The van der Waals surface area contributed by atoms with Crippen LogP contribution in [0.1, 0.15) is 28.4 Å². The molecule has 0 saturated carbocycles. The van der Waals surface area contributed by atoms with Gasteiger partial charge >= 0.3 is 0 Å². The SMILES string of the molecule is COCCCNC(=O)CN1C(=O)CSC(c2cccc(Cl)c2)c2c(-c3ccccc3)nn(-c3ccc(C)cc3)c21. The summed E-state index contributed by atoms with van der Waals surface area (Å²) in [4.78, 5) is 28.4. The number of thioether (sulfide) groups is 1. The zero-order valence-electron chi connectivity index (χ0n) is 22.5. The number of halogens is 1. The van der Waals surface area contributed by atoms with Gasteiger partial charge < -0.3 is 10.1 Å². The number of methoxy groups -OCH3 is 1. The molecule has 5 rings (SSSR count). The van der Waals surface area contributed by atoms with Crippen molar-refractivity contribution in [3.8, 4) is 16.9 Å². The fraction of sp³-hybridized carbons (Fsp3) is 0.258. The number of anilines is 1. The normalized spacial score (nSPS) is 15.0. The van der Waals surface area contributed by atoms with Crippen molar-refractivity contribution in [3.63, 3.8) is 0 Å². The molecule has 0 fully saturated rings. The van der Waals surface area contributed by atoms with E-state index >= 15 is 0 Å².